The molecule has 0 radical (unpaired) electrons. The van der Waals surface area contributed by atoms with Crippen molar-refractivity contribution >= 4 is 6.09 Å². The Kier molecular flexibility index (Phi) is 3.98. The van der Waals surface area contributed by atoms with Gasteiger partial charge in [0.05, 0.1) is 0 Å². The van der Waals surface area contributed by atoms with Gasteiger partial charge in [-0.2, -0.15) is 0 Å². The topological polar surface area (TPSA) is 55.6 Å². The Morgan fingerprint density at radius 3 is 2.76 bits per heavy atom. The predicted octanol–water partition coefficient (Wildman–Crippen LogP) is 1.40. The highest BCUT2D eigenvalue weighted by Gasteiger charge is 2.25. The Morgan fingerprint density at radius 1 is 1.35 bits per heavy atom. The number of cyclic esters (lactones) is 1. The van der Waals surface area contributed by atoms with Crippen molar-refractivity contribution in [2.75, 3.05) is 19.6 Å². The molecule has 17 heavy (non-hydrogen) atoms. The van der Waals surface area contributed by atoms with E-state index in [0.717, 1.165) is 19.4 Å². The first-order valence-electron chi connectivity index (χ1n) is 5.99. The van der Waals surface area contributed by atoms with E-state index in [2.05, 4.69) is 12.1 Å². The fourth-order valence-electron chi connectivity index (χ4n) is 1.94. The number of nitrogens with two attached hydrogens (primary N) is 1. The Hall–Kier alpha value is -1.55. The molecule has 4 heteroatoms. The normalized spacial score (nSPS) is 20.2. The second-order valence-corrected chi connectivity index (χ2v) is 4.25. The van der Waals surface area contributed by atoms with Gasteiger partial charge in [-0.1, -0.05) is 30.3 Å². The summed E-state index contributed by atoms with van der Waals surface area (Å²) >= 11 is 0. The molecule has 1 amide bonds. The summed E-state index contributed by atoms with van der Waals surface area (Å²) in [6.45, 7) is 1.87. The van der Waals surface area contributed by atoms with Crippen molar-refractivity contribution in [3.05, 3.63) is 35.9 Å². The van der Waals surface area contributed by atoms with Gasteiger partial charge in [0.2, 0.25) is 0 Å². The molecule has 1 aliphatic rings. The van der Waals surface area contributed by atoms with E-state index in [1.165, 1.54) is 5.56 Å². The smallest absolute Gasteiger partial charge is 0.410 e. The van der Waals surface area contributed by atoms with E-state index in [4.69, 9.17) is 10.5 Å². The van der Waals surface area contributed by atoms with Crippen molar-refractivity contribution < 1.29 is 9.53 Å². The quantitative estimate of drug-likeness (QED) is 0.856. The SMILES string of the molecule is NCC1CCN(CCc2ccccc2)C(=O)O1. The molecule has 1 heterocycles. The van der Waals surface area contributed by atoms with Gasteiger partial charge < -0.3 is 15.4 Å². The van der Waals surface area contributed by atoms with E-state index in [-0.39, 0.29) is 12.2 Å². The third-order valence-corrected chi connectivity index (χ3v) is 3.02. The number of benzene rings is 1. The van der Waals surface area contributed by atoms with E-state index >= 15 is 0 Å². The van der Waals surface area contributed by atoms with Crippen LogP contribution in [0.1, 0.15) is 12.0 Å². The molecule has 0 saturated carbocycles. The van der Waals surface area contributed by atoms with Crippen molar-refractivity contribution in [1.82, 2.24) is 4.90 Å². The summed E-state index contributed by atoms with van der Waals surface area (Å²) < 4.78 is 5.20. The monoisotopic (exact) mass is 234 g/mol. The first-order valence-corrected chi connectivity index (χ1v) is 5.99. The number of amides is 1. The molecule has 0 aromatic heterocycles. The average Bonchev–Trinajstić information content (AvgIpc) is 2.38. The Balaban J connectivity index is 1.82. The van der Waals surface area contributed by atoms with Crippen LogP contribution in [0.25, 0.3) is 0 Å². The Bertz CT molecular complexity index is 367. The fourth-order valence-corrected chi connectivity index (χ4v) is 1.94. The molecule has 0 aliphatic carbocycles. The molecule has 2 N–H and O–H groups in total. The zero-order valence-electron chi connectivity index (χ0n) is 9.84. The summed E-state index contributed by atoms with van der Waals surface area (Å²) in [7, 11) is 0. The second-order valence-electron chi connectivity index (χ2n) is 4.25. The van der Waals surface area contributed by atoms with Crippen LogP contribution in [0.5, 0.6) is 0 Å². The van der Waals surface area contributed by atoms with Gasteiger partial charge in [-0.05, 0) is 12.0 Å². The van der Waals surface area contributed by atoms with Crippen LogP contribution in [0.15, 0.2) is 30.3 Å². The van der Waals surface area contributed by atoms with Gasteiger partial charge in [-0.3, -0.25) is 0 Å². The highest BCUT2D eigenvalue weighted by Crippen LogP contribution is 2.12. The number of hydrogen-bond acceptors (Lipinski definition) is 3. The minimum Gasteiger partial charge on any atom is -0.445 e. The first kappa shape index (κ1) is 11.9. The van der Waals surface area contributed by atoms with E-state index in [1.54, 1.807) is 4.90 Å². The summed E-state index contributed by atoms with van der Waals surface area (Å²) in [4.78, 5) is 13.4. The first-order chi connectivity index (χ1) is 8.29. The summed E-state index contributed by atoms with van der Waals surface area (Å²) in [6, 6.07) is 10.1. The molecule has 0 spiro atoms. The van der Waals surface area contributed by atoms with Gasteiger partial charge in [0.1, 0.15) is 6.10 Å². The number of ether oxygens (including phenoxy) is 1. The average molecular weight is 234 g/mol. The van der Waals surface area contributed by atoms with Gasteiger partial charge in [-0.15, -0.1) is 0 Å². The van der Waals surface area contributed by atoms with Crippen LogP contribution < -0.4 is 5.73 Å². The van der Waals surface area contributed by atoms with Crippen LogP contribution >= 0.6 is 0 Å². The molecule has 1 saturated heterocycles. The van der Waals surface area contributed by atoms with Crippen molar-refractivity contribution in [2.45, 2.75) is 18.9 Å². The number of hydrogen-bond donors (Lipinski definition) is 1. The summed E-state index contributed by atoms with van der Waals surface area (Å²) in [5.74, 6) is 0. The molecular formula is C13H18N2O2. The molecule has 1 atom stereocenters. The van der Waals surface area contributed by atoms with E-state index < -0.39 is 0 Å². The van der Waals surface area contributed by atoms with Gasteiger partial charge >= 0.3 is 6.09 Å². The fraction of sp³-hybridized carbons (Fsp3) is 0.462. The van der Waals surface area contributed by atoms with Gasteiger partial charge in [-0.25, -0.2) is 4.79 Å². The lowest BCUT2D eigenvalue weighted by Crippen LogP contribution is -2.45. The summed E-state index contributed by atoms with van der Waals surface area (Å²) in [5.41, 5.74) is 6.72. The Labute approximate surface area is 101 Å². The second kappa shape index (κ2) is 5.68. The zero-order valence-corrected chi connectivity index (χ0v) is 9.84. The lowest BCUT2D eigenvalue weighted by atomic mass is 10.1. The summed E-state index contributed by atoms with van der Waals surface area (Å²) in [5, 5.41) is 0. The third-order valence-electron chi connectivity index (χ3n) is 3.02. The van der Waals surface area contributed by atoms with E-state index in [1.807, 2.05) is 18.2 Å². The minimum absolute atomic E-state index is 0.101. The number of nitrogens with zero attached hydrogens (tertiary/aromatic N) is 1. The largest absolute Gasteiger partial charge is 0.445 e. The van der Waals surface area contributed by atoms with Gasteiger partial charge in [0.25, 0.3) is 0 Å². The molecule has 1 fully saturated rings. The number of carbonyl (C=O) groups excluding carboxylic acids is 1. The molecule has 1 aromatic rings. The Morgan fingerprint density at radius 2 is 2.12 bits per heavy atom. The lowest BCUT2D eigenvalue weighted by Gasteiger charge is -2.31. The molecule has 1 aliphatic heterocycles. The maximum absolute atomic E-state index is 11.6. The summed E-state index contributed by atoms with van der Waals surface area (Å²) in [6.07, 6.45) is 1.36. The van der Waals surface area contributed by atoms with Crippen LogP contribution in [0, 0.1) is 0 Å². The third kappa shape index (κ3) is 3.20. The number of rotatable bonds is 4. The van der Waals surface area contributed by atoms with Gasteiger partial charge in [0.15, 0.2) is 0 Å². The molecule has 2 rings (SSSR count). The molecular weight excluding hydrogens is 216 g/mol. The maximum Gasteiger partial charge on any atom is 0.410 e. The molecule has 1 aromatic carbocycles. The molecule has 0 bridgehead atoms. The zero-order chi connectivity index (χ0) is 12.1. The van der Waals surface area contributed by atoms with E-state index in [9.17, 15) is 4.79 Å². The van der Waals surface area contributed by atoms with Crippen LogP contribution in [-0.2, 0) is 11.2 Å². The molecule has 92 valence electrons. The predicted molar refractivity (Wildman–Crippen MR) is 65.7 cm³/mol. The van der Waals surface area contributed by atoms with Crippen LogP contribution in [-0.4, -0.2) is 36.7 Å². The number of carbonyl (C=O) groups is 1. The molecule has 1 unspecified atom stereocenters. The maximum atomic E-state index is 11.6. The van der Waals surface area contributed by atoms with Crippen LogP contribution in [0.3, 0.4) is 0 Å². The van der Waals surface area contributed by atoms with Crippen molar-refractivity contribution in [2.24, 2.45) is 5.73 Å². The van der Waals surface area contributed by atoms with E-state index in [0.29, 0.717) is 13.1 Å². The minimum atomic E-state index is -0.234. The highest BCUT2D eigenvalue weighted by atomic mass is 16.6. The lowest BCUT2D eigenvalue weighted by molar-refractivity contribution is 0.0294. The van der Waals surface area contributed by atoms with Crippen molar-refractivity contribution in [3.8, 4) is 0 Å². The standard InChI is InChI=1S/C13H18N2O2/c14-10-12-7-9-15(13(16)17-12)8-6-11-4-2-1-3-5-11/h1-5,12H,6-10,14H2. The van der Waals surface area contributed by atoms with Gasteiger partial charge in [0, 0.05) is 26.1 Å². The van der Waals surface area contributed by atoms with Crippen molar-refractivity contribution in [1.29, 1.82) is 0 Å². The van der Waals surface area contributed by atoms with Crippen LogP contribution in [0.4, 0.5) is 4.79 Å². The van der Waals surface area contributed by atoms with Crippen molar-refractivity contribution in [3.63, 3.8) is 0 Å². The highest BCUT2D eigenvalue weighted by molar-refractivity contribution is 5.68. The molecule has 4 nitrogen and oxygen atoms in total. The van der Waals surface area contributed by atoms with Crippen LogP contribution in [0.2, 0.25) is 0 Å².